The molecule has 0 aromatic carbocycles. The van der Waals surface area contributed by atoms with Gasteiger partial charge < -0.3 is 10.1 Å². The van der Waals surface area contributed by atoms with Crippen molar-refractivity contribution in [2.45, 2.75) is 31.9 Å². The van der Waals surface area contributed by atoms with Crippen LogP contribution in [0.1, 0.15) is 19.8 Å². The Bertz CT molecular complexity index is 89.7. The van der Waals surface area contributed by atoms with E-state index in [9.17, 15) is 0 Å². The molecule has 0 bridgehead atoms. The molecule has 1 aliphatic rings. The smallest absolute Gasteiger partial charge is 0.0561 e. The van der Waals surface area contributed by atoms with Crippen molar-refractivity contribution in [2.75, 3.05) is 13.7 Å². The maximum atomic E-state index is 5.37. The molecule has 0 radical (unpaired) electrons. The molecule has 2 nitrogen and oxygen atoms in total. The van der Waals surface area contributed by atoms with Crippen LogP contribution in [0, 0.1) is 0 Å². The molecule has 0 aliphatic carbocycles. The zero-order valence-electron chi connectivity index (χ0n) is 6.59. The molecule has 0 amide bonds. The van der Waals surface area contributed by atoms with Crippen molar-refractivity contribution in [2.24, 2.45) is 0 Å². The Kier molecular flexibility index (Phi) is 5.04. The highest BCUT2D eigenvalue weighted by atomic mass is 35.5. The Balaban J connectivity index is 0.000000810. The summed E-state index contributed by atoms with van der Waals surface area (Å²) >= 11 is 0. The Hall–Kier alpha value is 0.210. The second-order valence-electron chi connectivity index (χ2n) is 2.69. The van der Waals surface area contributed by atoms with Gasteiger partial charge in [0.15, 0.2) is 0 Å². The van der Waals surface area contributed by atoms with E-state index in [0.717, 1.165) is 13.0 Å². The highest BCUT2D eigenvalue weighted by Gasteiger charge is 2.16. The van der Waals surface area contributed by atoms with Gasteiger partial charge in [-0.05, 0) is 26.8 Å². The summed E-state index contributed by atoms with van der Waals surface area (Å²) in [5.74, 6) is 0. The summed E-state index contributed by atoms with van der Waals surface area (Å²) in [5.41, 5.74) is 0. The van der Waals surface area contributed by atoms with Crippen molar-refractivity contribution in [3.63, 3.8) is 0 Å². The third kappa shape index (κ3) is 2.86. The van der Waals surface area contributed by atoms with E-state index in [4.69, 9.17) is 4.74 Å². The van der Waals surface area contributed by atoms with Gasteiger partial charge in [0.1, 0.15) is 0 Å². The summed E-state index contributed by atoms with van der Waals surface area (Å²) in [6, 6.07) is 0.689. The fraction of sp³-hybridized carbons (Fsp3) is 1.00. The molecule has 10 heavy (non-hydrogen) atoms. The third-order valence-corrected chi connectivity index (χ3v) is 1.89. The summed E-state index contributed by atoms with van der Waals surface area (Å²) in [5, 5.41) is 3.25. The normalized spacial score (nSPS) is 33.0. The maximum absolute atomic E-state index is 5.37. The maximum Gasteiger partial charge on any atom is 0.0561 e. The molecule has 1 rings (SSSR count). The van der Waals surface area contributed by atoms with Gasteiger partial charge in [0.2, 0.25) is 0 Å². The van der Waals surface area contributed by atoms with E-state index in [0.29, 0.717) is 12.1 Å². The van der Waals surface area contributed by atoms with Crippen LogP contribution in [0.3, 0.4) is 0 Å². The highest BCUT2D eigenvalue weighted by Crippen LogP contribution is 2.11. The van der Waals surface area contributed by atoms with Crippen molar-refractivity contribution in [1.29, 1.82) is 0 Å². The van der Waals surface area contributed by atoms with Crippen molar-refractivity contribution in [3.05, 3.63) is 0 Å². The van der Waals surface area contributed by atoms with Crippen molar-refractivity contribution < 1.29 is 4.74 Å². The predicted molar refractivity (Wildman–Crippen MR) is 44.7 cm³/mol. The lowest BCUT2D eigenvalue weighted by Gasteiger charge is -2.26. The topological polar surface area (TPSA) is 21.3 Å². The SMILES string of the molecule is CN[C@@H]1CCO[C@H](C)C1.Cl. The monoisotopic (exact) mass is 165 g/mol. The van der Waals surface area contributed by atoms with Crippen LogP contribution in [0.5, 0.6) is 0 Å². The quantitative estimate of drug-likeness (QED) is 0.631. The standard InChI is InChI=1S/C7H15NO.ClH/c1-6-5-7(8-2)3-4-9-6;/h6-8H,3-5H2,1-2H3;1H/t6-,7-;/m1./s1. The summed E-state index contributed by atoms with van der Waals surface area (Å²) in [7, 11) is 2.02. The highest BCUT2D eigenvalue weighted by molar-refractivity contribution is 5.85. The molecule has 3 heteroatoms. The molecule has 1 saturated heterocycles. The second-order valence-corrected chi connectivity index (χ2v) is 2.69. The van der Waals surface area contributed by atoms with Gasteiger partial charge in [-0.25, -0.2) is 0 Å². The average Bonchev–Trinajstić information content (AvgIpc) is 1.88. The molecule has 0 aromatic rings. The Labute approximate surface area is 68.7 Å². The molecule has 0 aromatic heterocycles. The van der Waals surface area contributed by atoms with Crippen LogP contribution in [-0.2, 0) is 4.74 Å². The number of rotatable bonds is 1. The van der Waals surface area contributed by atoms with E-state index in [-0.39, 0.29) is 12.4 Å². The van der Waals surface area contributed by atoms with Gasteiger partial charge in [-0.15, -0.1) is 12.4 Å². The fourth-order valence-corrected chi connectivity index (χ4v) is 1.26. The molecule has 1 heterocycles. The molecule has 0 unspecified atom stereocenters. The first kappa shape index (κ1) is 10.2. The van der Waals surface area contributed by atoms with E-state index in [1.54, 1.807) is 0 Å². The van der Waals surface area contributed by atoms with Crippen LogP contribution in [0.25, 0.3) is 0 Å². The number of hydrogen-bond acceptors (Lipinski definition) is 2. The van der Waals surface area contributed by atoms with Gasteiger partial charge in [0.05, 0.1) is 6.10 Å². The lowest BCUT2D eigenvalue weighted by molar-refractivity contribution is 0.0147. The molecule has 0 spiro atoms. The van der Waals surface area contributed by atoms with Gasteiger partial charge in [-0.3, -0.25) is 0 Å². The van der Waals surface area contributed by atoms with Crippen LogP contribution in [-0.4, -0.2) is 25.8 Å². The van der Waals surface area contributed by atoms with Crippen molar-refractivity contribution in [3.8, 4) is 0 Å². The molecule has 2 atom stereocenters. The van der Waals surface area contributed by atoms with Crippen molar-refractivity contribution >= 4 is 12.4 Å². The second kappa shape index (κ2) is 4.94. The minimum absolute atomic E-state index is 0. The van der Waals surface area contributed by atoms with Gasteiger partial charge in [0.25, 0.3) is 0 Å². The van der Waals surface area contributed by atoms with E-state index in [1.165, 1.54) is 6.42 Å². The fourth-order valence-electron chi connectivity index (χ4n) is 1.26. The molecule has 62 valence electrons. The summed E-state index contributed by atoms with van der Waals surface area (Å²) < 4.78 is 5.37. The molecular weight excluding hydrogens is 150 g/mol. The number of ether oxygens (including phenoxy) is 1. The molecular formula is C7H16ClNO. The predicted octanol–water partition coefficient (Wildman–Crippen LogP) is 1.20. The zero-order chi connectivity index (χ0) is 6.69. The van der Waals surface area contributed by atoms with Gasteiger partial charge >= 0.3 is 0 Å². The van der Waals surface area contributed by atoms with Crippen LogP contribution in [0.15, 0.2) is 0 Å². The molecule has 1 aliphatic heterocycles. The van der Waals surface area contributed by atoms with Crippen LogP contribution < -0.4 is 5.32 Å². The van der Waals surface area contributed by atoms with Gasteiger partial charge in [-0.1, -0.05) is 0 Å². The summed E-state index contributed by atoms with van der Waals surface area (Å²) in [6.45, 7) is 3.05. The van der Waals surface area contributed by atoms with Crippen LogP contribution in [0.2, 0.25) is 0 Å². The Morgan fingerprint density at radius 1 is 1.50 bits per heavy atom. The lowest BCUT2D eigenvalue weighted by Crippen LogP contribution is -2.35. The minimum atomic E-state index is 0. The third-order valence-electron chi connectivity index (χ3n) is 1.89. The number of nitrogens with one attached hydrogen (secondary N) is 1. The first-order valence-electron chi connectivity index (χ1n) is 3.62. The molecule has 0 saturated carbocycles. The summed E-state index contributed by atoms with van der Waals surface area (Å²) in [4.78, 5) is 0. The van der Waals surface area contributed by atoms with E-state index in [2.05, 4.69) is 12.2 Å². The van der Waals surface area contributed by atoms with Gasteiger partial charge in [0, 0.05) is 12.6 Å². The van der Waals surface area contributed by atoms with E-state index >= 15 is 0 Å². The first-order valence-corrected chi connectivity index (χ1v) is 3.62. The van der Waals surface area contributed by atoms with E-state index in [1.807, 2.05) is 7.05 Å². The van der Waals surface area contributed by atoms with E-state index < -0.39 is 0 Å². The Morgan fingerprint density at radius 3 is 2.60 bits per heavy atom. The molecule has 1 fully saturated rings. The van der Waals surface area contributed by atoms with Crippen LogP contribution >= 0.6 is 12.4 Å². The number of hydrogen-bond donors (Lipinski definition) is 1. The Morgan fingerprint density at radius 2 is 2.20 bits per heavy atom. The zero-order valence-corrected chi connectivity index (χ0v) is 7.41. The largest absolute Gasteiger partial charge is 0.378 e. The average molecular weight is 166 g/mol. The van der Waals surface area contributed by atoms with Gasteiger partial charge in [-0.2, -0.15) is 0 Å². The minimum Gasteiger partial charge on any atom is -0.378 e. The van der Waals surface area contributed by atoms with Crippen molar-refractivity contribution in [1.82, 2.24) is 5.32 Å². The number of halogens is 1. The first-order chi connectivity index (χ1) is 4.33. The summed E-state index contributed by atoms with van der Waals surface area (Å²) in [6.07, 6.45) is 2.79. The molecule has 1 N–H and O–H groups in total. The lowest BCUT2D eigenvalue weighted by atomic mass is 10.1. The van der Waals surface area contributed by atoms with Crippen LogP contribution in [0.4, 0.5) is 0 Å².